The Morgan fingerprint density at radius 3 is 2.42 bits per heavy atom. The minimum Gasteiger partial charge on any atom is -0.369 e. The Morgan fingerprint density at radius 2 is 1.76 bits per heavy atom. The van der Waals surface area contributed by atoms with Gasteiger partial charge in [0.1, 0.15) is 4.90 Å². The number of nitrogens with two attached hydrogens (primary N) is 2. The number of fused-ring (bicyclic) bond motifs is 1. The summed E-state index contributed by atoms with van der Waals surface area (Å²) in [6, 6.07) is 8.09. The molecule has 3 aromatic rings. The topological polar surface area (TPSA) is 186 Å². The molecule has 0 radical (unpaired) electrons. The number of H-pyrrole nitrogens is 1. The molecule has 0 atom stereocenters. The molecule has 172 valence electrons. The van der Waals surface area contributed by atoms with Gasteiger partial charge in [-0.3, -0.25) is 0 Å². The number of imidazole rings is 1. The van der Waals surface area contributed by atoms with Crippen LogP contribution in [0.5, 0.6) is 0 Å². The molecule has 1 aliphatic heterocycles. The first-order valence-corrected chi connectivity index (χ1v) is 13.4. The number of aliphatic imine (C=N–C) groups is 1. The Kier molecular flexibility index (Phi) is 5.06. The van der Waals surface area contributed by atoms with Crippen molar-refractivity contribution in [2.24, 2.45) is 20.4 Å². The molecule has 0 saturated heterocycles. The minimum atomic E-state index is -4.51. The molecule has 2 heterocycles. The summed E-state index contributed by atoms with van der Waals surface area (Å²) in [6.07, 6.45) is 2.47. The fourth-order valence-corrected chi connectivity index (χ4v) is 7.98. The number of aromatic nitrogens is 2. The van der Waals surface area contributed by atoms with Gasteiger partial charge < -0.3 is 10.7 Å². The lowest BCUT2D eigenvalue weighted by Crippen LogP contribution is -2.25. The number of nitrogen functional groups attached to an aromatic ring is 1. The highest BCUT2D eigenvalue weighted by Gasteiger charge is 2.37. The number of hydrogen-bond acceptors (Lipinski definition) is 9. The van der Waals surface area contributed by atoms with Gasteiger partial charge in [0.2, 0.25) is 10.0 Å². The molecule has 1 aliphatic carbocycles. The fraction of sp³-hybridized carbons (Fsp3) is 0.300. The van der Waals surface area contributed by atoms with E-state index in [0.29, 0.717) is 35.0 Å². The molecule has 33 heavy (non-hydrogen) atoms. The number of sulfonamides is 1. The number of benzene rings is 2. The monoisotopic (exact) mass is 487 g/mol. The molecule has 0 bridgehead atoms. The van der Waals surface area contributed by atoms with Crippen LogP contribution in [0.4, 0.5) is 5.95 Å². The van der Waals surface area contributed by atoms with Gasteiger partial charge in [-0.15, -0.1) is 5.11 Å². The van der Waals surface area contributed by atoms with Crippen molar-refractivity contribution in [3.63, 3.8) is 0 Å². The van der Waals surface area contributed by atoms with Gasteiger partial charge >= 0.3 is 0 Å². The molecule has 11 nitrogen and oxygen atoms in total. The van der Waals surface area contributed by atoms with E-state index >= 15 is 0 Å². The number of rotatable bonds is 5. The summed E-state index contributed by atoms with van der Waals surface area (Å²) in [5.74, 6) is 0.182. The number of hydrogen-bond donors (Lipinski definition) is 3. The van der Waals surface area contributed by atoms with Gasteiger partial charge in [0.05, 0.1) is 26.7 Å². The summed E-state index contributed by atoms with van der Waals surface area (Å²) in [6.45, 7) is -0.00200. The Bertz CT molecular complexity index is 1550. The van der Waals surface area contributed by atoms with Crippen LogP contribution in [0, 0.1) is 0 Å². The quantitative estimate of drug-likeness (QED) is 0.495. The smallest absolute Gasteiger partial charge is 0.240 e. The molecule has 5 rings (SSSR count). The van der Waals surface area contributed by atoms with E-state index in [9.17, 15) is 16.8 Å². The largest absolute Gasteiger partial charge is 0.369 e. The van der Waals surface area contributed by atoms with Crippen LogP contribution in [-0.2, 0) is 19.9 Å². The zero-order valence-corrected chi connectivity index (χ0v) is 19.0. The van der Waals surface area contributed by atoms with Crippen LogP contribution in [0.25, 0.3) is 22.2 Å². The van der Waals surface area contributed by atoms with Crippen LogP contribution < -0.4 is 10.9 Å². The number of azo groups is 1. The first kappa shape index (κ1) is 21.7. The highest BCUT2D eigenvalue weighted by molar-refractivity contribution is 7.94. The highest BCUT2D eigenvalue weighted by atomic mass is 32.2. The van der Waals surface area contributed by atoms with Crippen molar-refractivity contribution < 1.29 is 16.8 Å². The highest BCUT2D eigenvalue weighted by Crippen LogP contribution is 2.40. The van der Waals surface area contributed by atoms with Crippen molar-refractivity contribution in [3.8, 4) is 11.1 Å². The number of primary sulfonamides is 1. The zero-order chi connectivity index (χ0) is 23.4. The molecular formula is C20H21N7O4S2. The van der Waals surface area contributed by atoms with Crippen LogP contribution >= 0.6 is 0 Å². The molecule has 0 spiro atoms. The van der Waals surface area contributed by atoms with Crippen molar-refractivity contribution in [2.45, 2.75) is 40.7 Å². The second-order valence-corrected chi connectivity index (χ2v) is 11.7. The normalized spacial score (nSPS) is 17.2. The van der Waals surface area contributed by atoms with Crippen LogP contribution in [0.3, 0.4) is 0 Å². The van der Waals surface area contributed by atoms with Crippen molar-refractivity contribution in [3.05, 3.63) is 35.9 Å². The number of nitrogens with zero attached hydrogens (tertiary/aromatic N) is 4. The van der Waals surface area contributed by atoms with Crippen molar-refractivity contribution in [2.75, 3.05) is 12.4 Å². The molecule has 1 fully saturated rings. The Labute approximate surface area is 190 Å². The molecular weight excluding hydrogens is 466 g/mol. The van der Waals surface area contributed by atoms with E-state index < -0.39 is 30.0 Å². The maximum Gasteiger partial charge on any atom is 0.240 e. The average molecular weight is 488 g/mol. The zero-order valence-electron chi connectivity index (χ0n) is 17.4. The van der Waals surface area contributed by atoms with Crippen molar-refractivity contribution in [1.29, 1.82) is 0 Å². The third-order valence-electron chi connectivity index (χ3n) is 5.95. The summed E-state index contributed by atoms with van der Waals surface area (Å²) >= 11 is 0. The SMILES string of the molecule is Nc1nc2c(-c3ccc(S(=O)(=O)C4CCCC4)c(S(N)(=O)=O)c3C3=NCN=N3)cccc2[nH]1. The summed E-state index contributed by atoms with van der Waals surface area (Å²) < 4.78 is 52.7. The molecule has 5 N–H and O–H groups in total. The lowest BCUT2D eigenvalue weighted by Gasteiger charge is -2.19. The molecule has 13 heteroatoms. The van der Waals surface area contributed by atoms with E-state index in [2.05, 4.69) is 25.2 Å². The number of anilines is 1. The second-order valence-electron chi connectivity index (χ2n) is 8.00. The summed E-state index contributed by atoms with van der Waals surface area (Å²) in [5, 5.41) is 12.8. The van der Waals surface area contributed by atoms with Gasteiger partial charge in [-0.1, -0.05) is 31.0 Å². The Morgan fingerprint density at radius 1 is 1.00 bits per heavy atom. The predicted molar refractivity (Wildman–Crippen MR) is 123 cm³/mol. The molecule has 1 saturated carbocycles. The van der Waals surface area contributed by atoms with Crippen LogP contribution in [0.1, 0.15) is 31.2 Å². The standard InChI is InChI=1S/C20H21N7O4S2/c21-20-25-14-7-3-6-13(17(14)26-20)12-8-9-15(32(28,29)11-4-1-2-5-11)18(33(22,30)31)16(12)19-23-10-24-27-19/h3,6-9,11H,1-2,4-5,10H2,(H3,21,25,26)(H2,22,30,31). The van der Waals surface area contributed by atoms with Gasteiger partial charge in [-0.05, 0) is 30.5 Å². The maximum absolute atomic E-state index is 13.5. The van der Waals surface area contributed by atoms with Crippen LogP contribution in [-0.4, -0.2) is 44.6 Å². The molecule has 0 unspecified atom stereocenters. The molecule has 1 aromatic heterocycles. The average Bonchev–Trinajstić information content (AvgIpc) is 3.52. The van der Waals surface area contributed by atoms with E-state index in [-0.39, 0.29) is 28.9 Å². The van der Waals surface area contributed by atoms with Gasteiger partial charge in [-0.25, -0.2) is 32.0 Å². The van der Waals surface area contributed by atoms with E-state index in [4.69, 9.17) is 10.9 Å². The molecule has 2 aliphatic rings. The van der Waals surface area contributed by atoms with Gasteiger partial charge in [0.25, 0.3) is 0 Å². The lowest BCUT2D eigenvalue weighted by atomic mass is 9.97. The summed E-state index contributed by atoms with van der Waals surface area (Å²) in [4.78, 5) is 10.6. The second kappa shape index (κ2) is 7.71. The van der Waals surface area contributed by atoms with E-state index in [1.165, 1.54) is 6.07 Å². The number of sulfone groups is 1. The lowest BCUT2D eigenvalue weighted by molar-refractivity contribution is 0.572. The van der Waals surface area contributed by atoms with Gasteiger partial charge in [0.15, 0.2) is 28.3 Å². The fourth-order valence-electron chi connectivity index (χ4n) is 4.52. The molecule has 0 amide bonds. The van der Waals surface area contributed by atoms with Crippen LogP contribution in [0.2, 0.25) is 0 Å². The summed E-state index contributed by atoms with van der Waals surface area (Å²) in [7, 11) is -8.48. The number of amidine groups is 1. The van der Waals surface area contributed by atoms with E-state index in [0.717, 1.165) is 12.8 Å². The first-order valence-electron chi connectivity index (χ1n) is 10.3. The number of para-hydroxylation sites is 1. The maximum atomic E-state index is 13.5. The summed E-state index contributed by atoms with van der Waals surface area (Å²) in [5.41, 5.74) is 7.82. The Hall–Kier alpha value is -3.16. The van der Waals surface area contributed by atoms with Gasteiger partial charge in [0, 0.05) is 5.56 Å². The predicted octanol–water partition coefficient (Wildman–Crippen LogP) is 2.35. The first-order chi connectivity index (χ1) is 15.7. The van der Waals surface area contributed by atoms with Crippen molar-refractivity contribution in [1.82, 2.24) is 9.97 Å². The van der Waals surface area contributed by atoms with Crippen molar-refractivity contribution >= 4 is 42.7 Å². The Balaban J connectivity index is 1.88. The number of aromatic amines is 1. The number of nitrogens with one attached hydrogen (secondary N) is 1. The van der Waals surface area contributed by atoms with E-state index in [1.807, 2.05) is 0 Å². The van der Waals surface area contributed by atoms with Gasteiger partial charge in [-0.2, -0.15) is 5.11 Å². The third-order valence-corrected chi connectivity index (χ3v) is 9.37. The third kappa shape index (κ3) is 3.61. The minimum absolute atomic E-state index is 0.00184. The molecule has 2 aromatic carbocycles. The van der Waals surface area contributed by atoms with E-state index in [1.54, 1.807) is 24.3 Å². The van der Waals surface area contributed by atoms with Crippen LogP contribution in [0.15, 0.2) is 55.3 Å².